The fourth-order valence-corrected chi connectivity index (χ4v) is 8.17. The van der Waals surface area contributed by atoms with E-state index in [9.17, 15) is 4.57 Å². The molecular formula is C35H25OP. The summed E-state index contributed by atoms with van der Waals surface area (Å²) >= 11 is 0. The van der Waals surface area contributed by atoms with Crippen LogP contribution in [0, 0.1) is 0 Å². The van der Waals surface area contributed by atoms with Gasteiger partial charge in [-0.3, -0.25) is 0 Å². The first-order valence-corrected chi connectivity index (χ1v) is 14.8. The zero-order valence-electron chi connectivity index (χ0n) is 20.6. The first kappa shape index (κ1) is 22.0. The van der Waals surface area contributed by atoms with Gasteiger partial charge in [-0.15, -0.1) is 0 Å². The van der Waals surface area contributed by atoms with Crippen LogP contribution in [0.15, 0.2) is 133 Å². The van der Waals surface area contributed by atoms with Gasteiger partial charge < -0.3 is 4.57 Å². The average molecular weight is 493 g/mol. The van der Waals surface area contributed by atoms with Crippen LogP contribution in [0.1, 0.15) is 0 Å². The summed E-state index contributed by atoms with van der Waals surface area (Å²) in [5, 5.41) is 4.36. The molecule has 7 rings (SSSR count). The molecule has 0 fully saturated rings. The van der Waals surface area contributed by atoms with Crippen molar-refractivity contribution in [1.29, 1.82) is 0 Å². The highest BCUT2D eigenvalue weighted by atomic mass is 31.2. The molecule has 0 saturated heterocycles. The summed E-state index contributed by atoms with van der Waals surface area (Å²) in [6.07, 6.45) is 0. The first-order valence-electron chi connectivity index (χ1n) is 12.6. The van der Waals surface area contributed by atoms with Crippen molar-refractivity contribution in [3.63, 3.8) is 0 Å². The van der Waals surface area contributed by atoms with Crippen LogP contribution >= 0.6 is 7.14 Å². The van der Waals surface area contributed by atoms with Crippen LogP contribution < -0.4 is 10.6 Å². The molecule has 1 aliphatic rings. The molecule has 0 saturated carbocycles. The molecule has 6 aromatic rings. The molecule has 0 amide bonds. The van der Waals surface area contributed by atoms with Crippen molar-refractivity contribution >= 4 is 28.5 Å². The number of hydrogen-bond donors (Lipinski definition) is 0. The smallest absolute Gasteiger partial charge is 0.141 e. The Kier molecular flexibility index (Phi) is 5.03. The van der Waals surface area contributed by atoms with E-state index in [0.29, 0.717) is 0 Å². The quantitative estimate of drug-likeness (QED) is 0.226. The van der Waals surface area contributed by atoms with E-state index in [1.54, 1.807) is 0 Å². The van der Waals surface area contributed by atoms with Gasteiger partial charge >= 0.3 is 0 Å². The molecule has 1 heterocycles. The number of hydrogen-bond acceptors (Lipinski definition) is 1. The Balaban J connectivity index is 1.50. The maximum absolute atomic E-state index is 14.0. The standard InChI is InChI=1S/C35H25OP/c1-37(36)32-16-8-7-14-31(32)35-29(15-9-17-33(35)37)30-23-22-26-12-5-6-13-28(26)34(30)27-20-18-25(19-21-27)24-10-3-2-4-11-24/h2-23H,1H3. The fourth-order valence-electron chi connectivity index (χ4n) is 5.86. The summed E-state index contributed by atoms with van der Waals surface area (Å²) in [5.74, 6) is 0. The minimum absolute atomic E-state index is 0.963. The van der Waals surface area contributed by atoms with Crippen LogP contribution in [-0.4, -0.2) is 6.66 Å². The Morgan fingerprint density at radius 1 is 0.432 bits per heavy atom. The SMILES string of the molecule is CP1(=O)c2ccccc2-c2c(-c3ccc4ccccc4c3-c3ccc(-c4ccccc4)cc3)cccc21. The Hall–Kier alpha value is -4.19. The Morgan fingerprint density at radius 2 is 1.03 bits per heavy atom. The minimum Gasteiger partial charge on any atom is -0.314 e. The van der Waals surface area contributed by atoms with E-state index in [2.05, 4.69) is 109 Å². The summed E-state index contributed by atoms with van der Waals surface area (Å²) in [6, 6.07) is 46.9. The van der Waals surface area contributed by atoms with Crippen molar-refractivity contribution in [3.8, 4) is 44.5 Å². The second kappa shape index (κ2) is 8.44. The van der Waals surface area contributed by atoms with Crippen molar-refractivity contribution in [3.05, 3.63) is 133 Å². The van der Waals surface area contributed by atoms with Crippen LogP contribution in [0.3, 0.4) is 0 Å². The maximum Gasteiger partial charge on any atom is 0.141 e. The molecule has 1 unspecified atom stereocenters. The minimum atomic E-state index is -2.65. The van der Waals surface area contributed by atoms with Crippen molar-refractivity contribution in [1.82, 2.24) is 0 Å². The van der Waals surface area contributed by atoms with Gasteiger partial charge in [-0.05, 0) is 56.4 Å². The Morgan fingerprint density at radius 3 is 1.86 bits per heavy atom. The maximum atomic E-state index is 14.0. The molecule has 0 aliphatic carbocycles. The van der Waals surface area contributed by atoms with Gasteiger partial charge in [0.2, 0.25) is 0 Å². The Bertz CT molecular complexity index is 1850. The van der Waals surface area contributed by atoms with E-state index in [0.717, 1.165) is 27.3 Å². The van der Waals surface area contributed by atoms with Crippen LogP contribution in [0.4, 0.5) is 0 Å². The zero-order valence-corrected chi connectivity index (χ0v) is 21.5. The lowest BCUT2D eigenvalue weighted by Gasteiger charge is -2.18. The molecule has 0 radical (unpaired) electrons. The molecule has 37 heavy (non-hydrogen) atoms. The molecule has 0 spiro atoms. The van der Waals surface area contributed by atoms with Crippen LogP contribution in [0.2, 0.25) is 0 Å². The zero-order chi connectivity index (χ0) is 25.0. The van der Waals surface area contributed by atoms with E-state index >= 15 is 0 Å². The molecule has 1 aliphatic heterocycles. The average Bonchev–Trinajstić information content (AvgIpc) is 3.20. The highest BCUT2D eigenvalue weighted by Gasteiger charge is 2.36. The van der Waals surface area contributed by atoms with Crippen molar-refractivity contribution < 1.29 is 4.57 Å². The van der Waals surface area contributed by atoms with Gasteiger partial charge in [0, 0.05) is 16.2 Å². The van der Waals surface area contributed by atoms with Gasteiger partial charge in [0.25, 0.3) is 0 Å². The third kappa shape index (κ3) is 3.43. The highest BCUT2D eigenvalue weighted by Crippen LogP contribution is 2.53. The van der Waals surface area contributed by atoms with Gasteiger partial charge in [-0.1, -0.05) is 133 Å². The van der Waals surface area contributed by atoms with Crippen LogP contribution in [0.5, 0.6) is 0 Å². The summed E-state index contributed by atoms with van der Waals surface area (Å²) in [6.45, 7) is 1.91. The lowest BCUT2D eigenvalue weighted by atomic mass is 9.86. The topological polar surface area (TPSA) is 17.1 Å². The van der Waals surface area contributed by atoms with Gasteiger partial charge in [-0.25, -0.2) is 0 Å². The lowest BCUT2D eigenvalue weighted by molar-refractivity contribution is 0.591. The number of fused-ring (bicyclic) bond motifs is 4. The highest BCUT2D eigenvalue weighted by molar-refractivity contribution is 7.79. The van der Waals surface area contributed by atoms with Crippen LogP contribution in [0.25, 0.3) is 55.3 Å². The molecule has 1 atom stereocenters. The van der Waals surface area contributed by atoms with Gasteiger partial charge in [0.05, 0.1) is 0 Å². The van der Waals surface area contributed by atoms with E-state index in [-0.39, 0.29) is 0 Å². The second-order valence-corrected chi connectivity index (χ2v) is 12.6. The normalized spacial score (nSPS) is 15.9. The molecule has 0 aromatic heterocycles. The summed E-state index contributed by atoms with van der Waals surface area (Å²) < 4.78 is 14.0. The van der Waals surface area contributed by atoms with E-state index < -0.39 is 7.14 Å². The molecule has 6 aromatic carbocycles. The van der Waals surface area contributed by atoms with Crippen molar-refractivity contribution in [2.75, 3.05) is 6.66 Å². The van der Waals surface area contributed by atoms with Crippen molar-refractivity contribution in [2.24, 2.45) is 0 Å². The van der Waals surface area contributed by atoms with Crippen molar-refractivity contribution in [2.45, 2.75) is 0 Å². The number of benzene rings is 6. The third-order valence-corrected chi connectivity index (χ3v) is 10.2. The van der Waals surface area contributed by atoms with Gasteiger partial charge in [-0.2, -0.15) is 0 Å². The predicted octanol–water partition coefficient (Wildman–Crippen LogP) is 8.76. The Labute approximate surface area is 217 Å². The van der Waals surface area contributed by atoms with E-state index in [1.165, 1.54) is 38.6 Å². The van der Waals surface area contributed by atoms with Gasteiger partial charge in [0.1, 0.15) is 7.14 Å². The first-order chi connectivity index (χ1) is 18.1. The third-order valence-electron chi connectivity index (χ3n) is 7.64. The van der Waals surface area contributed by atoms with Crippen LogP contribution in [-0.2, 0) is 4.57 Å². The van der Waals surface area contributed by atoms with E-state index in [4.69, 9.17) is 0 Å². The molecule has 0 bridgehead atoms. The fraction of sp³-hybridized carbons (Fsp3) is 0.0286. The number of rotatable bonds is 3. The molecule has 0 N–H and O–H groups in total. The molecule has 2 heteroatoms. The molecular weight excluding hydrogens is 467 g/mol. The molecule has 176 valence electrons. The monoisotopic (exact) mass is 492 g/mol. The second-order valence-electron chi connectivity index (χ2n) is 9.79. The lowest BCUT2D eigenvalue weighted by Crippen LogP contribution is -2.08. The summed E-state index contributed by atoms with van der Waals surface area (Å²) in [4.78, 5) is 0. The van der Waals surface area contributed by atoms with E-state index in [1.807, 2.05) is 30.9 Å². The summed E-state index contributed by atoms with van der Waals surface area (Å²) in [7, 11) is -2.65. The largest absolute Gasteiger partial charge is 0.314 e. The summed E-state index contributed by atoms with van der Waals surface area (Å²) in [5.41, 5.74) is 9.31. The molecule has 1 nitrogen and oxygen atoms in total. The van der Waals surface area contributed by atoms with Gasteiger partial charge in [0.15, 0.2) is 0 Å². The predicted molar refractivity (Wildman–Crippen MR) is 158 cm³/mol.